The fraction of sp³-hybridized carbons (Fsp3) is 0.235. The highest BCUT2D eigenvalue weighted by Gasteiger charge is 1.99. The minimum absolute atomic E-state index is 0.481. The van der Waals surface area contributed by atoms with E-state index in [0.29, 0.717) is 13.2 Å². The summed E-state index contributed by atoms with van der Waals surface area (Å²) in [7, 11) is 0. The van der Waals surface area contributed by atoms with Gasteiger partial charge < -0.3 is 9.57 Å². The fourth-order valence-electron chi connectivity index (χ4n) is 1.79. The molecule has 0 amide bonds. The Morgan fingerprint density at radius 1 is 1.00 bits per heavy atom. The number of nitrogens with zero attached hydrogens (tertiary/aromatic N) is 1. The van der Waals surface area contributed by atoms with Crippen molar-refractivity contribution in [1.82, 2.24) is 0 Å². The third-order valence-electron chi connectivity index (χ3n) is 2.86. The average Bonchev–Trinajstić information content (AvgIpc) is 2.49. The van der Waals surface area contributed by atoms with Crippen LogP contribution in [0.15, 0.2) is 59.8 Å². The summed E-state index contributed by atoms with van der Waals surface area (Å²) in [5.41, 5.74) is 2.99. The van der Waals surface area contributed by atoms with Crippen LogP contribution < -0.4 is 4.74 Å². The molecule has 3 heteroatoms. The lowest BCUT2D eigenvalue weighted by Gasteiger charge is -2.05. The number of hydrogen-bond donors (Lipinski definition) is 0. The summed E-state index contributed by atoms with van der Waals surface area (Å²) in [6, 6.07) is 17.8. The first-order valence-electron chi connectivity index (χ1n) is 6.73. The smallest absolute Gasteiger partial charge is 0.142 e. The number of rotatable bonds is 6. The van der Waals surface area contributed by atoms with Crippen molar-refractivity contribution in [3.8, 4) is 5.75 Å². The predicted octanol–water partition coefficient (Wildman–Crippen LogP) is 4.03. The molecule has 0 aliphatic rings. The van der Waals surface area contributed by atoms with Gasteiger partial charge in [-0.15, -0.1) is 0 Å². The van der Waals surface area contributed by atoms with Crippen LogP contribution in [0.3, 0.4) is 0 Å². The highest BCUT2D eigenvalue weighted by molar-refractivity contribution is 5.98. The van der Waals surface area contributed by atoms with Gasteiger partial charge in [0.2, 0.25) is 0 Å². The summed E-state index contributed by atoms with van der Waals surface area (Å²) in [6.07, 6.45) is 0. The van der Waals surface area contributed by atoms with Crippen LogP contribution >= 0.6 is 0 Å². The minimum Gasteiger partial charge on any atom is -0.494 e. The second-order valence-corrected chi connectivity index (χ2v) is 4.39. The number of ether oxygens (including phenoxy) is 1. The summed E-state index contributed by atoms with van der Waals surface area (Å²) < 4.78 is 5.41. The molecule has 0 radical (unpaired) electrons. The van der Waals surface area contributed by atoms with Crippen LogP contribution in [-0.4, -0.2) is 12.3 Å². The van der Waals surface area contributed by atoms with Gasteiger partial charge in [-0.1, -0.05) is 35.5 Å². The molecule has 2 aromatic carbocycles. The zero-order chi connectivity index (χ0) is 14.2. The third kappa shape index (κ3) is 4.12. The van der Waals surface area contributed by atoms with Crippen molar-refractivity contribution in [1.29, 1.82) is 0 Å². The first kappa shape index (κ1) is 14.1. The summed E-state index contributed by atoms with van der Waals surface area (Å²) >= 11 is 0. The summed E-state index contributed by atoms with van der Waals surface area (Å²) in [4.78, 5) is 5.37. The van der Waals surface area contributed by atoms with E-state index in [1.165, 1.54) is 0 Å². The van der Waals surface area contributed by atoms with Gasteiger partial charge in [0.25, 0.3) is 0 Å². The molecule has 0 saturated heterocycles. The Hall–Kier alpha value is -2.29. The molecule has 0 heterocycles. The molecule has 0 saturated carbocycles. The molecule has 3 nitrogen and oxygen atoms in total. The zero-order valence-electron chi connectivity index (χ0n) is 11.9. The van der Waals surface area contributed by atoms with Crippen LogP contribution in [0.2, 0.25) is 0 Å². The van der Waals surface area contributed by atoms with Crippen molar-refractivity contribution in [3.05, 3.63) is 65.7 Å². The molecule has 20 heavy (non-hydrogen) atoms. The summed E-state index contributed by atoms with van der Waals surface area (Å²) in [5, 5.41) is 4.14. The first-order chi connectivity index (χ1) is 9.79. The highest BCUT2D eigenvalue weighted by Crippen LogP contribution is 2.13. The minimum atomic E-state index is 0.481. The van der Waals surface area contributed by atoms with Gasteiger partial charge in [0, 0.05) is 0 Å². The Balaban J connectivity index is 1.92. The molecule has 2 aromatic rings. The molecule has 0 bridgehead atoms. The van der Waals surface area contributed by atoms with E-state index in [1.54, 1.807) is 0 Å². The molecule has 0 unspecified atom stereocenters. The molecular formula is C17H19NO2. The Labute approximate surface area is 119 Å². The molecule has 0 spiro atoms. The fourth-order valence-corrected chi connectivity index (χ4v) is 1.79. The normalized spacial score (nSPS) is 11.2. The van der Waals surface area contributed by atoms with Gasteiger partial charge >= 0.3 is 0 Å². The van der Waals surface area contributed by atoms with E-state index in [9.17, 15) is 0 Å². The van der Waals surface area contributed by atoms with E-state index in [4.69, 9.17) is 9.57 Å². The SMILES string of the molecule is CCOc1ccc(C(C)=NOCc2ccccc2)cc1. The number of oxime groups is 1. The maximum atomic E-state index is 5.41. The van der Waals surface area contributed by atoms with Crippen LogP contribution in [0.5, 0.6) is 5.75 Å². The molecule has 0 N–H and O–H groups in total. The Bertz CT molecular complexity index is 547. The first-order valence-corrected chi connectivity index (χ1v) is 6.73. The van der Waals surface area contributed by atoms with Crippen molar-refractivity contribution >= 4 is 5.71 Å². The maximum absolute atomic E-state index is 5.41. The van der Waals surface area contributed by atoms with Crippen molar-refractivity contribution in [2.24, 2.45) is 5.16 Å². The van der Waals surface area contributed by atoms with Crippen molar-refractivity contribution in [2.45, 2.75) is 20.5 Å². The van der Waals surface area contributed by atoms with Crippen LogP contribution in [0.1, 0.15) is 25.0 Å². The van der Waals surface area contributed by atoms with Gasteiger partial charge in [-0.05, 0) is 49.2 Å². The Morgan fingerprint density at radius 2 is 1.70 bits per heavy atom. The topological polar surface area (TPSA) is 30.8 Å². The second-order valence-electron chi connectivity index (χ2n) is 4.39. The van der Waals surface area contributed by atoms with Gasteiger partial charge in [0.05, 0.1) is 12.3 Å². The molecule has 0 aliphatic carbocycles. The predicted molar refractivity (Wildman–Crippen MR) is 81.1 cm³/mol. The second kappa shape index (κ2) is 7.34. The lowest BCUT2D eigenvalue weighted by molar-refractivity contribution is 0.130. The quantitative estimate of drug-likeness (QED) is 0.585. The van der Waals surface area contributed by atoms with E-state index < -0.39 is 0 Å². The molecule has 104 valence electrons. The zero-order valence-corrected chi connectivity index (χ0v) is 11.9. The van der Waals surface area contributed by atoms with Crippen LogP contribution in [0, 0.1) is 0 Å². The monoisotopic (exact) mass is 269 g/mol. The Kier molecular flexibility index (Phi) is 5.18. The van der Waals surface area contributed by atoms with Gasteiger partial charge in [0.1, 0.15) is 12.4 Å². The van der Waals surface area contributed by atoms with Gasteiger partial charge in [-0.3, -0.25) is 0 Å². The van der Waals surface area contributed by atoms with E-state index >= 15 is 0 Å². The van der Waals surface area contributed by atoms with E-state index in [-0.39, 0.29) is 0 Å². The van der Waals surface area contributed by atoms with Crippen molar-refractivity contribution < 1.29 is 9.57 Å². The third-order valence-corrected chi connectivity index (χ3v) is 2.86. The molecular weight excluding hydrogens is 250 g/mol. The standard InChI is InChI=1S/C17H19NO2/c1-3-19-17-11-9-16(10-12-17)14(2)18-20-13-15-7-5-4-6-8-15/h4-12H,3,13H2,1-2H3. The molecule has 2 rings (SSSR count). The summed E-state index contributed by atoms with van der Waals surface area (Å²) in [5.74, 6) is 0.870. The number of benzene rings is 2. The molecule has 0 aliphatic heterocycles. The van der Waals surface area contributed by atoms with Crippen LogP contribution in [0.25, 0.3) is 0 Å². The Morgan fingerprint density at radius 3 is 2.35 bits per heavy atom. The number of hydrogen-bond acceptors (Lipinski definition) is 3. The van der Waals surface area contributed by atoms with E-state index in [2.05, 4.69) is 5.16 Å². The largest absolute Gasteiger partial charge is 0.494 e. The van der Waals surface area contributed by atoms with Crippen molar-refractivity contribution in [3.63, 3.8) is 0 Å². The van der Waals surface area contributed by atoms with Gasteiger partial charge in [-0.25, -0.2) is 0 Å². The molecule has 0 aromatic heterocycles. The van der Waals surface area contributed by atoms with Crippen molar-refractivity contribution in [2.75, 3.05) is 6.61 Å². The molecule has 0 atom stereocenters. The highest BCUT2D eigenvalue weighted by atomic mass is 16.6. The van der Waals surface area contributed by atoms with E-state index in [1.807, 2.05) is 68.4 Å². The van der Waals surface area contributed by atoms with Crippen LogP contribution in [0.4, 0.5) is 0 Å². The lowest BCUT2D eigenvalue weighted by Crippen LogP contribution is -1.98. The average molecular weight is 269 g/mol. The van der Waals surface area contributed by atoms with Gasteiger partial charge in [-0.2, -0.15) is 0 Å². The summed E-state index contributed by atoms with van der Waals surface area (Å²) in [6.45, 7) is 5.06. The van der Waals surface area contributed by atoms with Crippen LogP contribution in [-0.2, 0) is 11.4 Å². The lowest BCUT2D eigenvalue weighted by atomic mass is 10.1. The molecule has 0 fully saturated rings. The van der Waals surface area contributed by atoms with E-state index in [0.717, 1.165) is 22.6 Å². The van der Waals surface area contributed by atoms with Gasteiger partial charge in [0.15, 0.2) is 0 Å². The maximum Gasteiger partial charge on any atom is 0.142 e.